The van der Waals surface area contributed by atoms with Gasteiger partial charge in [-0.1, -0.05) is 0 Å². The van der Waals surface area contributed by atoms with Crippen molar-refractivity contribution >= 4 is 16.0 Å². The Morgan fingerprint density at radius 1 is 1.29 bits per heavy atom. The maximum absolute atomic E-state index is 12.9. The zero-order valence-electron chi connectivity index (χ0n) is 11.0. The molecule has 114 valence electrons. The van der Waals surface area contributed by atoms with Gasteiger partial charge in [-0.05, 0) is 30.7 Å². The lowest BCUT2D eigenvalue weighted by molar-refractivity contribution is -0.141. The lowest BCUT2D eigenvalue weighted by atomic mass is 10.0. The van der Waals surface area contributed by atoms with E-state index in [0.717, 1.165) is 28.6 Å². The molecule has 2 heterocycles. The molecule has 0 bridgehead atoms. The van der Waals surface area contributed by atoms with Crippen molar-refractivity contribution in [1.29, 1.82) is 0 Å². The first-order valence-electron chi connectivity index (χ1n) is 6.51. The van der Waals surface area contributed by atoms with Crippen LogP contribution >= 0.6 is 0 Å². The van der Waals surface area contributed by atoms with Crippen LogP contribution in [0, 0.1) is 11.7 Å². The molecule has 2 fully saturated rings. The summed E-state index contributed by atoms with van der Waals surface area (Å²) in [6, 6.07) is 2.81. The molecule has 0 radical (unpaired) electrons. The molecule has 0 unspecified atom stereocenters. The summed E-state index contributed by atoms with van der Waals surface area (Å²) < 4.78 is 44.6. The monoisotopic (exact) mass is 315 g/mol. The van der Waals surface area contributed by atoms with Crippen molar-refractivity contribution in [3.05, 3.63) is 30.1 Å². The van der Waals surface area contributed by atoms with Gasteiger partial charge in [-0.2, -0.15) is 4.31 Å². The van der Waals surface area contributed by atoms with Gasteiger partial charge in [0.2, 0.25) is 10.0 Å². The zero-order valence-corrected chi connectivity index (χ0v) is 11.8. The van der Waals surface area contributed by atoms with Crippen LogP contribution in [0.3, 0.4) is 0 Å². The normalized spacial score (nSPS) is 29.5. The minimum Gasteiger partial charge on any atom is -0.480 e. The van der Waals surface area contributed by atoms with E-state index in [1.54, 1.807) is 0 Å². The molecular weight excluding hydrogens is 301 g/mol. The average molecular weight is 315 g/mol. The van der Waals surface area contributed by atoms with Gasteiger partial charge < -0.3 is 9.84 Å². The quantitative estimate of drug-likeness (QED) is 0.887. The topological polar surface area (TPSA) is 83.9 Å². The molecule has 0 amide bonds. The third kappa shape index (κ3) is 2.33. The summed E-state index contributed by atoms with van der Waals surface area (Å²) >= 11 is 0. The van der Waals surface area contributed by atoms with Crippen LogP contribution < -0.4 is 0 Å². The van der Waals surface area contributed by atoms with E-state index in [0.29, 0.717) is 6.61 Å². The van der Waals surface area contributed by atoms with E-state index >= 15 is 0 Å². The molecule has 0 saturated carbocycles. The summed E-state index contributed by atoms with van der Waals surface area (Å²) in [6.07, 6.45) is 0.237. The van der Waals surface area contributed by atoms with Crippen molar-refractivity contribution in [2.24, 2.45) is 5.92 Å². The second-order valence-electron chi connectivity index (χ2n) is 5.24. The van der Waals surface area contributed by atoms with E-state index in [9.17, 15) is 22.7 Å². The van der Waals surface area contributed by atoms with Crippen molar-refractivity contribution < 1.29 is 27.4 Å². The number of halogens is 1. The molecule has 3 rings (SSSR count). The molecule has 2 aliphatic heterocycles. The van der Waals surface area contributed by atoms with Crippen LogP contribution in [0.4, 0.5) is 4.39 Å². The van der Waals surface area contributed by atoms with Crippen LogP contribution in [0.1, 0.15) is 6.42 Å². The van der Waals surface area contributed by atoms with Crippen molar-refractivity contribution in [2.45, 2.75) is 23.4 Å². The van der Waals surface area contributed by atoms with Crippen LogP contribution in [0.5, 0.6) is 0 Å². The average Bonchev–Trinajstić information content (AvgIpc) is 2.98. The Kier molecular flexibility index (Phi) is 3.46. The Morgan fingerprint density at radius 2 is 1.95 bits per heavy atom. The van der Waals surface area contributed by atoms with Gasteiger partial charge in [0, 0.05) is 5.92 Å². The first kappa shape index (κ1) is 14.4. The number of rotatable bonds is 3. The van der Waals surface area contributed by atoms with Gasteiger partial charge in [-0.3, -0.25) is 4.79 Å². The minimum atomic E-state index is -4.00. The van der Waals surface area contributed by atoms with E-state index in [-0.39, 0.29) is 23.8 Å². The van der Waals surface area contributed by atoms with E-state index in [2.05, 4.69) is 0 Å². The highest BCUT2D eigenvalue weighted by atomic mass is 32.2. The van der Waals surface area contributed by atoms with E-state index < -0.39 is 33.9 Å². The Morgan fingerprint density at radius 3 is 2.57 bits per heavy atom. The fraction of sp³-hybridized carbons (Fsp3) is 0.462. The van der Waals surface area contributed by atoms with Crippen LogP contribution in [-0.4, -0.2) is 49.1 Å². The Hall–Kier alpha value is -1.51. The molecule has 2 aliphatic rings. The third-order valence-electron chi connectivity index (χ3n) is 4.00. The molecule has 1 aromatic carbocycles. The predicted octanol–water partition coefficient (Wildman–Crippen LogP) is 0.688. The Labute approximate surface area is 121 Å². The van der Waals surface area contributed by atoms with Gasteiger partial charge in [0.15, 0.2) is 0 Å². The largest absolute Gasteiger partial charge is 0.480 e. The van der Waals surface area contributed by atoms with Gasteiger partial charge >= 0.3 is 5.97 Å². The molecule has 0 aromatic heterocycles. The number of hydrogen-bond donors (Lipinski definition) is 1. The smallest absolute Gasteiger partial charge is 0.322 e. The summed E-state index contributed by atoms with van der Waals surface area (Å²) in [5.74, 6) is -1.83. The van der Waals surface area contributed by atoms with Gasteiger partial charge in [-0.15, -0.1) is 0 Å². The minimum absolute atomic E-state index is 0.109. The van der Waals surface area contributed by atoms with Gasteiger partial charge in [0.25, 0.3) is 0 Å². The second kappa shape index (κ2) is 5.04. The molecule has 6 nitrogen and oxygen atoms in total. The second-order valence-corrected chi connectivity index (χ2v) is 7.09. The van der Waals surface area contributed by atoms with Gasteiger partial charge in [0.05, 0.1) is 24.2 Å². The van der Waals surface area contributed by atoms with E-state index in [1.165, 1.54) is 0 Å². The predicted molar refractivity (Wildman–Crippen MR) is 69.6 cm³/mol. The van der Waals surface area contributed by atoms with Crippen molar-refractivity contribution in [2.75, 3.05) is 13.2 Å². The van der Waals surface area contributed by atoms with Gasteiger partial charge in [-0.25, -0.2) is 12.8 Å². The number of fused-ring (bicyclic) bond motifs is 1. The summed E-state index contributed by atoms with van der Waals surface area (Å²) in [5.41, 5.74) is 0. The number of benzene rings is 1. The lowest BCUT2D eigenvalue weighted by Gasteiger charge is -2.26. The zero-order chi connectivity index (χ0) is 15.2. The standard InChI is InChI=1S/C13H14FNO5S/c14-9-1-3-10(4-2-9)21(18,19)15-11(13(16)17)5-8-6-20-7-12(8)15/h1-4,8,11-12H,5-7H2,(H,16,17)/t8-,11-,12+/m0/s1. The Bertz CT molecular complexity index is 660. The number of carboxylic acids is 1. The maximum Gasteiger partial charge on any atom is 0.322 e. The molecule has 2 saturated heterocycles. The number of ether oxygens (including phenoxy) is 1. The third-order valence-corrected chi connectivity index (χ3v) is 5.95. The number of aliphatic carboxylic acids is 1. The lowest BCUT2D eigenvalue weighted by Crippen LogP contribution is -2.46. The number of nitrogens with zero attached hydrogens (tertiary/aromatic N) is 1. The Balaban J connectivity index is 2.02. The van der Waals surface area contributed by atoms with Crippen molar-refractivity contribution in [3.63, 3.8) is 0 Å². The molecule has 0 aliphatic carbocycles. The molecule has 0 spiro atoms. The van der Waals surface area contributed by atoms with Crippen molar-refractivity contribution in [1.82, 2.24) is 4.31 Å². The number of carboxylic acid groups (broad SMARTS) is 1. The fourth-order valence-corrected chi connectivity index (χ4v) is 4.82. The van der Waals surface area contributed by atoms with Crippen LogP contribution in [0.25, 0.3) is 0 Å². The van der Waals surface area contributed by atoms with Crippen LogP contribution in [0.2, 0.25) is 0 Å². The van der Waals surface area contributed by atoms with E-state index in [4.69, 9.17) is 4.74 Å². The SMILES string of the molecule is O=C(O)[C@@H]1C[C@H]2COC[C@H]2N1S(=O)(=O)c1ccc(F)cc1. The van der Waals surface area contributed by atoms with Crippen LogP contribution in [-0.2, 0) is 19.6 Å². The number of hydrogen-bond acceptors (Lipinski definition) is 4. The van der Waals surface area contributed by atoms with Gasteiger partial charge in [0.1, 0.15) is 11.9 Å². The highest BCUT2D eigenvalue weighted by Gasteiger charge is 2.53. The first-order valence-corrected chi connectivity index (χ1v) is 7.95. The van der Waals surface area contributed by atoms with Crippen LogP contribution in [0.15, 0.2) is 29.2 Å². The molecular formula is C13H14FNO5S. The molecule has 8 heteroatoms. The number of sulfonamides is 1. The molecule has 3 atom stereocenters. The van der Waals surface area contributed by atoms with E-state index in [1.807, 2.05) is 0 Å². The summed E-state index contributed by atoms with van der Waals surface area (Å²) in [5, 5.41) is 9.29. The summed E-state index contributed by atoms with van der Waals surface area (Å²) in [6.45, 7) is 0.554. The highest BCUT2D eigenvalue weighted by molar-refractivity contribution is 7.89. The fourth-order valence-electron chi connectivity index (χ4n) is 3.00. The van der Waals surface area contributed by atoms with Crippen molar-refractivity contribution in [3.8, 4) is 0 Å². The molecule has 1 N–H and O–H groups in total. The summed E-state index contributed by atoms with van der Waals surface area (Å²) in [4.78, 5) is 11.3. The number of carbonyl (C=O) groups is 1. The maximum atomic E-state index is 12.9. The highest BCUT2D eigenvalue weighted by Crippen LogP contribution is 2.38. The molecule has 1 aromatic rings. The summed E-state index contributed by atoms with van der Waals surface area (Å²) in [7, 11) is -4.00. The first-order chi connectivity index (χ1) is 9.91. The molecule has 21 heavy (non-hydrogen) atoms.